The second-order valence-corrected chi connectivity index (χ2v) is 6.12. The summed E-state index contributed by atoms with van der Waals surface area (Å²) in [6.45, 7) is -0.540. The highest BCUT2D eigenvalue weighted by atomic mass is 32.2. The molecule has 0 saturated heterocycles. The summed E-state index contributed by atoms with van der Waals surface area (Å²) < 4.78 is 1.93. The molecule has 5 nitrogen and oxygen atoms in total. The fourth-order valence-electron chi connectivity index (χ4n) is 1.46. The Morgan fingerprint density at radius 1 is 1.37 bits per heavy atom. The molecule has 1 aromatic carbocycles. The summed E-state index contributed by atoms with van der Waals surface area (Å²) >= 11 is 2.89. The number of thioether (sulfide) groups is 1. The molecule has 0 aliphatic carbocycles. The predicted octanol–water partition coefficient (Wildman–Crippen LogP) is 0.858. The summed E-state index contributed by atoms with van der Waals surface area (Å²) in [7, 11) is 0. The van der Waals surface area contributed by atoms with Crippen molar-refractivity contribution in [2.45, 2.75) is 10.4 Å². The van der Waals surface area contributed by atoms with E-state index in [-0.39, 0.29) is 24.9 Å². The molecule has 0 bridgehead atoms. The van der Waals surface area contributed by atoms with E-state index in [1.165, 1.54) is 11.8 Å². The number of hydrogen-bond donors (Lipinski definition) is 3. The van der Waals surface area contributed by atoms with Crippen LogP contribution in [0.1, 0.15) is 0 Å². The molecule has 0 aliphatic rings. The quantitative estimate of drug-likeness (QED) is 0.689. The van der Waals surface area contributed by atoms with Gasteiger partial charge in [-0.2, -0.15) is 0 Å². The van der Waals surface area contributed by atoms with E-state index in [0.29, 0.717) is 0 Å². The van der Waals surface area contributed by atoms with Crippen LogP contribution in [0.3, 0.4) is 0 Å². The molecule has 0 fully saturated rings. The van der Waals surface area contributed by atoms with Crippen LogP contribution in [0.2, 0.25) is 0 Å². The van der Waals surface area contributed by atoms with Crippen LogP contribution < -0.4 is 5.32 Å². The number of aromatic nitrogens is 1. The minimum Gasteiger partial charge on any atom is -0.394 e. The molecular weight excluding hydrogens is 284 g/mol. The van der Waals surface area contributed by atoms with E-state index in [9.17, 15) is 4.79 Å². The monoisotopic (exact) mass is 298 g/mol. The van der Waals surface area contributed by atoms with Crippen molar-refractivity contribution < 1.29 is 15.0 Å². The number of carbonyl (C=O) groups excluding carboxylic acids is 1. The molecule has 0 saturated carbocycles. The lowest BCUT2D eigenvalue weighted by molar-refractivity contribution is -0.119. The zero-order chi connectivity index (χ0) is 13.7. The second kappa shape index (κ2) is 6.85. The van der Waals surface area contributed by atoms with Crippen molar-refractivity contribution in [3.8, 4) is 0 Å². The van der Waals surface area contributed by atoms with Gasteiger partial charge in [-0.1, -0.05) is 23.9 Å². The molecular formula is C12H14N2O3S2. The first-order valence-corrected chi connectivity index (χ1v) is 7.52. The summed E-state index contributed by atoms with van der Waals surface area (Å²) in [5, 5.41) is 20.3. The molecule has 2 rings (SSSR count). The number of hydrogen-bond acceptors (Lipinski definition) is 6. The summed E-state index contributed by atoms with van der Waals surface area (Å²) in [5.74, 6) is -0.00610. The van der Waals surface area contributed by atoms with Gasteiger partial charge in [0.1, 0.15) is 0 Å². The Balaban J connectivity index is 1.89. The van der Waals surface area contributed by atoms with Gasteiger partial charge < -0.3 is 15.5 Å². The zero-order valence-corrected chi connectivity index (χ0v) is 11.7. The lowest BCUT2D eigenvalue weighted by Crippen LogP contribution is -2.40. The van der Waals surface area contributed by atoms with Gasteiger partial charge in [0.25, 0.3) is 0 Å². The molecule has 7 heteroatoms. The topological polar surface area (TPSA) is 82.5 Å². The fourth-order valence-corrected chi connectivity index (χ4v) is 3.34. The normalized spacial score (nSPS) is 11.1. The molecule has 0 aliphatic heterocycles. The average Bonchev–Trinajstić information content (AvgIpc) is 2.85. The van der Waals surface area contributed by atoms with Crippen molar-refractivity contribution in [2.24, 2.45) is 0 Å². The lowest BCUT2D eigenvalue weighted by Gasteiger charge is -2.12. The Labute approximate surface area is 118 Å². The van der Waals surface area contributed by atoms with Gasteiger partial charge in [-0.05, 0) is 12.1 Å². The number of nitrogens with zero attached hydrogens (tertiary/aromatic N) is 1. The van der Waals surface area contributed by atoms with Crippen LogP contribution in [0.4, 0.5) is 0 Å². The molecule has 1 aromatic heterocycles. The number of aliphatic hydroxyl groups is 2. The SMILES string of the molecule is O=C(CSc1nc2ccccc2s1)NC(CO)CO. The Bertz CT molecular complexity index is 522. The van der Waals surface area contributed by atoms with Crippen LogP contribution in [-0.2, 0) is 4.79 Å². The third-order valence-corrected chi connectivity index (χ3v) is 4.59. The van der Waals surface area contributed by atoms with Crippen molar-refractivity contribution in [1.82, 2.24) is 10.3 Å². The molecule has 1 amide bonds. The van der Waals surface area contributed by atoms with E-state index in [1.54, 1.807) is 11.3 Å². The van der Waals surface area contributed by atoms with Gasteiger partial charge in [-0.3, -0.25) is 4.79 Å². The largest absolute Gasteiger partial charge is 0.394 e. The summed E-state index contributed by atoms with van der Waals surface area (Å²) in [5.41, 5.74) is 0.930. The van der Waals surface area contributed by atoms with Crippen molar-refractivity contribution in [2.75, 3.05) is 19.0 Å². The maximum Gasteiger partial charge on any atom is 0.230 e. The Hall–Kier alpha value is -1.15. The summed E-state index contributed by atoms with van der Waals surface area (Å²) in [6.07, 6.45) is 0. The van der Waals surface area contributed by atoms with Gasteiger partial charge in [0.2, 0.25) is 5.91 Å². The third-order valence-electron chi connectivity index (χ3n) is 2.41. The number of benzene rings is 1. The van der Waals surface area contributed by atoms with Crippen LogP contribution in [0.25, 0.3) is 10.2 Å². The van der Waals surface area contributed by atoms with Gasteiger partial charge >= 0.3 is 0 Å². The first-order chi connectivity index (χ1) is 9.22. The molecule has 0 atom stereocenters. The van der Waals surface area contributed by atoms with Crippen molar-refractivity contribution in [3.05, 3.63) is 24.3 Å². The second-order valence-electron chi connectivity index (χ2n) is 3.87. The first-order valence-electron chi connectivity index (χ1n) is 5.72. The smallest absolute Gasteiger partial charge is 0.230 e. The Morgan fingerprint density at radius 3 is 2.79 bits per heavy atom. The number of thiazole rings is 1. The predicted molar refractivity (Wildman–Crippen MR) is 76.4 cm³/mol. The highest BCUT2D eigenvalue weighted by Crippen LogP contribution is 2.28. The van der Waals surface area contributed by atoms with Gasteiger partial charge in [0.05, 0.1) is 35.2 Å². The van der Waals surface area contributed by atoms with Crippen LogP contribution in [-0.4, -0.2) is 46.1 Å². The van der Waals surface area contributed by atoms with E-state index in [4.69, 9.17) is 10.2 Å². The number of para-hydroxylation sites is 1. The molecule has 0 radical (unpaired) electrons. The van der Waals surface area contributed by atoms with Crippen molar-refractivity contribution in [1.29, 1.82) is 0 Å². The molecule has 102 valence electrons. The number of rotatable bonds is 6. The van der Waals surface area contributed by atoms with Gasteiger partial charge in [0.15, 0.2) is 4.34 Å². The van der Waals surface area contributed by atoms with Crippen LogP contribution in [0.5, 0.6) is 0 Å². The third kappa shape index (κ3) is 3.90. The van der Waals surface area contributed by atoms with E-state index in [0.717, 1.165) is 14.6 Å². The minimum absolute atomic E-state index is 0.219. The average molecular weight is 298 g/mol. The van der Waals surface area contributed by atoms with Gasteiger partial charge in [-0.25, -0.2) is 4.98 Å². The van der Waals surface area contributed by atoms with Crippen LogP contribution in [0.15, 0.2) is 28.6 Å². The molecule has 2 aromatic rings. The molecule has 19 heavy (non-hydrogen) atoms. The number of carbonyl (C=O) groups is 1. The Morgan fingerprint density at radius 2 is 2.11 bits per heavy atom. The highest BCUT2D eigenvalue weighted by Gasteiger charge is 2.11. The van der Waals surface area contributed by atoms with E-state index in [2.05, 4.69) is 10.3 Å². The van der Waals surface area contributed by atoms with Crippen LogP contribution in [0, 0.1) is 0 Å². The highest BCUT2D eigenvalue weighted by molar-refractivity contribution is 8.01. The summed E-state index contributed by atoms with van der Waals surface area (Å²) in [4.78, 5) is 16.0. The molecule has 1 heterocycles. The minimum atomic E-state index is -0.594. The first kappa shape index (κ1) is 14.3. The maximum atomic E-state index is 11.6. The van der Waals surface area contributed by atoms with Crippen molar-refractivity contribution >= 4 is 39.2 Å². The summed E-state index contributed by atoms with van der Waals surface area (Å²) in [6, 6.07) is 7.21. The van der Waals surface area contributed by atoms with Crippen LogP contribution >= 0.6 is 23.1 Å². The zero-order valence-electron chi connectivity index (χ0n) is 10.1. The standard InChI is InChI=1S/C12H14N2O3S2/c15-5-8(6-16)13-11(17)7-18-12-14-9-3-1-2-4-10(9)19-12/h1-4,8,15-16H,5-7H2,(H,13,17). The van der Waals surface area contributed by atoms with Gasteiger partial charge in [-0.15, -0.1) is 11.3 Å². The lowest BCUT2D eigenvalue weighted by atomic mass is 10.3. The Kier molecular flexibility index (Phi) is 5.15. The van der Waals surface area contributed by atoms with Gasteiger partial charge in [0, 0.05) is 0 Å². The van der Waals surface area contributed by atoms with E-state index >= 15 is 0 Å². The fraction of sp³-hybridized carbons (Fsp3) is 0.333. The number of fused-ring (bicyclic) bond motifs is 1. The van der Waals surface area contributed by atoms with Crippen molar-refractivity contribution in [3.63, 3.8) is 0 Å². The van der Waals surface area contributed by atoms with E-state index < -0.39 is 6.04 Å². The van der Waals surface area contributed by atoms with E-state index in [1.807, 2.05) is 24.3 Å². The maximum absolute atomic E-state index is 11.6. The number of aliphatic hydroxyl groups excluding tert-OH is 2. The molecule has 0 unspecified atom stereocenters. The number of amides is 1. The molecule has 0 spiro atoms. The molecule has 3 N–H and O–H groups in total. The number of nitrogens with one attached hydrogen (secondary N) is 1.